The molecule has 1 rings (SSSR count). The van der Waals surface area contributed by atoms with Crippen molar-refractivity contribution in [2.24, 2.45) is 7.05 Å². The summed E-state index contributed by atoms with van der Waals surface area (Å²) >= 11 is 0. The molecule has 0 saturated carbocycles. The van der Waals surface area contributed by atoms with E-state index >= 15 is 0 Å². The number of rotatable bonds is 4. The summed E-state index contributed by atoms with van der Waals surface area (Å²) in [5, 5.41) is 16.5. The Morgan fingerprint density at radius 3 is 2.64 bits per heavy atom. The highest BCUT2D eigenvalue weighted by molar-refractivity contribution is 5.19. The molecule has 1 aromatic rings. The summed E-state index contributed by atoms with van der Waals surface area (Å²) < 4.78 is 1.81. The zero-order valence-corrected chi connectivity index (χ0v) is 9.28. The average molecular weight is 197 g/mol. The van der Waals surface area contributed by atoms with Gasteiger partial charge in [0.25, 0.3) is 0 Å². The molecule has 0 aromatic carbocycles. The van der Waals surface area contributed by atoms with Crippen LogP contribution in [0.2, 0.25) is 0 Å². The van der Waals surface area contributed by atoms with Crippen LogP contribution in [0.15, 0.2) is 6.20 Å². The summed E-state index contributed by atoms with van der Waals surface area (Å²) in [7, 11) is 1.92. The van der Waals surface area contributed by atoms with Gasteiger partial charge in [-0.1, -0.05) is 0 Å². The molecule has 0 spiro atoms. The number of aromatic nitrogens is 2. The van der Waals surface area contributed by atoms with Gasteiger partial charge in [0.05, 0.1) is 12.3 Å². The Balaban J connectivity index is 2.69. The van der Waals surface area contributed by atoms with E-state index in [0.717, 1.165) is 5.69 Å². The van der Waals surface area contributed by atoms with Gasteiger partial charge in [0.15, 0.2) is 0 Å². The van der Waals surface area contributed by atoms with E-state index in [1.165, 1.54) is 5.56 Å². The van der Waals surface area contributed by atoms with Crippen LogP contribution >= 0.6 is 0 Å². The van der Waals surface area contributed by atoms with Gasteiger partial charge in [0.1, 0.15) is 0 Å². The largest absolute Gasteiger partial charge is 0.395 e. The molecule has 4 nitrogen and oxygen atoms in total. The lowest BCUT2D eigenvalue weighted by molar-refractivity contribution is 0.243. The normalized spacial score (nSPS) is 15.5. The summed E-state index contributed by atoms with van der Waals surface area (Å²) in [6, 6.07) is 0.343. The highest BCUT2D eigenvalue weighted by Crippen LogP contribution is 2.15. The van der Waals surface area contributed by atoms with Gasteiger partial charge >= 0.3 is 0 Å². The molecular weight excluding hydrogens is 178 g/mol. The molecule has 0 radical (unpaired) electrons. The Morgan fingerprint density at radius 2 is 2.21 bits per heavy atom. The molecule has 1 heterocycles. The Hall–Kier alpha value is -0.870. The number of aliphatic hydroxyl groups is 1. The van der Waals surface area contributed by atoms with E-state index in [1.54, 1.807) is 0 Å². The monoisotopic (exact) mass is 197 g/mol. The number of nitrogens with one attached hydrogen (secondary N) is 1. The van der Waals surface area contributed by atoms with Crippen LogP contribution in [0.25, 0.3) is 0 Å². The predicted octanol–water partition coefficient (Wildman–Crippen LogP) is 0.760. The maximum absolute atomic E-state index is 8.92. The SMILES string of the molecule is Cc1nn(C)cc1C(C)N[C@@H](C)CO. The Labute approximate surface area is 84.9 Å². The topological polar surface area (TPSA) is 50.1 Å². The molecule has 0 aliphatic carbocycles. The lowest BCUT2D eigenvalue weighted by atomic mass is 10.1. The van der Waals surface area contributed by atoms with Gasteiger partial charge in [-0.2, -0.15) is 5.10 Å². The molecule has 0 aliphatic rings. The third-order valence-electron chi connectivity index (χ3n) is 2.33. The summed E-state index contributed by atoms with van der Waals surface area (Å²) in [6.45, 7) is 6.19. The van der Waals surface area contributed by atoms with Crippen molar-refractivity contribution in [2.45, 2.75) is 32.9 Å². The van der Waals surface area contributed by atoms with Crippen LogP contribution in [0.4, 0.5) is 0 Å². The molecule has 4 heteroatoms. The van der Waals surface area contributed by atoms with Gasteiger partial charge in [-0.3, -0.25) is 4.68 Å². The molecule has 0 aliphatic heterocycles. The molecule has 80 valence electrons. The zero-order valence-electron chi connectivity index (χ0n) is 9.28. The molecule has 2 N–H and O–H groups in total. The van der Waals surface area contributed by atoms with E-state index in [4.69, 9.17) is 5.11 Å². The first-order valence-corrected chi connectivity index (χ1v) is 4.91. The fraction of sp³-hybridized carbons (Fsp3) is 0.700. The van der Waals surface area contributed by atoms with Gasteiger partial charge in [-0.15, -0.1) is 0 Å². The lowest BCUT2D eigenvalue weighted by Crippen LogP contribution is -2.31. The van der Waals surface area contributed by atoms with Crippen LogP contribution in [0.1, 0.15) is 31.1 Å². The second-order valence-electron chi connectivity index (χ2n) is 3.82. The number of nitrogens with zero attached hydrogens (tertiary/aromatic N) is 2. The van der Waals surface area contributed by atoms with Crippen molar-refractivity contribution >= 4 is 0 Å². The van der Waals surface area contributed by atoms with Crippen molar-refractivity contribution in [3.05, 3.63) is 17.5 Å². The second-order valence-corrected chi connectivity index (χ2v) is 3.82. The van der Waals surface area contributed by atoms with Gasteiger partial charge in [-0.25, -0.2) is 0 Å². The summed E-state index contributed by atoms with van der Waals surface area (Å²) in [5.41, 5.74) is 2.23. The van der Waals surface area contributed by atoms with Gasteiger partial charge in [0, 0.05) is 30.9 Å². The molecule has 1 unspecified atom stereocenters. The van der Waals surface area contributed by atoms with Crippen LogP contribution < -0.4 is 5.32 Å². The van der Waals surface area contributed by atoms with Crippen molar-refractivity contribution in [1.29, 1.82) is 0 Å². The van der Waals surface area contributed by atoms with E-state index in [9.17, 15) is 0 Å². The van der Waals surface area contributed by atoms with Crippen LogP contribution in [-0.4, -0.2) is 27.5 Å². The smallest absolute Gasteiger partial charge is 0.0641 e. The van der Waals surface area contributed by atoms with Crippen molar-refractivity contribution in [2.75, 3.05) is 6.61 Å². The maximum atomic E-state index is 8.92. The fourth-order valence-electron chi connectivity index (χ4n) is 1.61. The summed E-state index contributed by atoms with van der Waals surface area (Å²) in [6.07, 6.45) is 2.01. The molecule has 2 atom stereocenters. The Bertz CT molecular complexity index is 296. The molecule has 0 fully saturated rings. The van der Waals surface area contributed by atoms with Gasteiger partial charge in [0.2, 0.25) is 0 Å². The molecular formula is C10H19N3O. The molecule has 0 bridgehead atoms. The van der Waals surface area contributed by atoms with Crippen molar-refractivity contribution in [1.82, 2.24) is 15.1 Å². The number of hydrogen-bond acceptors (Lipinski definition) is 3. The molecule has 1 aromatic heterocycles. The minimum absolute atomic E-state index is 0.115. The minimum Gasteiger partial charge on any atom is -0.395 e. The molecule has 14 heavy (non-hydrogen) atoms. The highest BCUT2D eigenvalue weighted by Gasteiger charge is 2.13. The number of hydrogen-bond donors (Lipinski definition) is 2. The average Bonchev–Trinajstić information content (AvgIpc) is 2.45. The predicted molar refractivity (Wildman–Crippen MR) is 56.0 cm³/mol. The van der Waals surface area contributed by atoms with Gasteiger partial charge < -0.3 is 10.4 Å². The first-order valence-electron chi connectivity index (χ1n) is 4.91. The highest BCUT2D eigenvalue weighted by atomic mass is 16.3. The van der Waals surface area contributed by atoms with Crippen LogP contribution in [0, 0.1) is 6.92 Å². The van der Waals surface area contributed by atoms with Crippen LogP contribution in [-0.2, 0) is 7.05 Å². The minimum atomic E-state index is 0.115. The fourth-order valence-corrected chi connectivity index (χ4v) is 1.61. The summed E-state index contributed by atoms with van der Waals surface area (Å²) in [5.74, 6) is 0. The van der Waals surface area contributed by atoms with Crippen molar-refractivity contribution < 1.29 is 5.11 Å². The van der Waals surface area contributed by atoms with Crippen molar-refractivity contribution in [3.63, 3.8) is 0 Å². The lowest BCUT2D eigenvalue weighted by Gasteiger charge is -2.17. The van der Waals surface area contributed by atoms with E-state index in [1.807, 2.05) is 31.8 Å². The quantitative estimate of drug-likeness (QED) is 0.749. The van der Waals surface area contributed by atoms with E-state index < -0.39 is 0 Å². The number of aliphatic hydroxyl groups excluding tert-OH is 1. The zero-order chi connectivity index (χ0) is 10.7. The molecule has 0 amide bonds. The molecule has 0 saturated heterocycles. The second kappa shape index (κ2) is 4.57. The third-order valence-corrected chi connectivity index (χ3v) is 2.33. The van der Waals surface area contributed by atoms with Crippen LogP contribution in [0.5, 0.6) is 0 Å². The maximum Gasteiger partial charge on any atom is 0.0641 e. The van der Waals surface area contributed by atoms with Crippen molar-refractivity contribution in [3.8, 4) is 0 Å². The third kappa shape index (κ3) is 2.56. The summed E-state index contributed by atoms with van der Waals surface area (Å²) in [4.78, 5) is 0. The first-order chi connectivity index (χ1) is 6.54. The standard InChI is InChI=1S/C10H19N3O/c1-7(6-14)11-8(2)10-5-13(4)12-9(10)3/h5,7-8,11,14H,6H2,1-4H3/t7-,8?/m0/s1. The number of aryl methyl sites for hydroxylation is 2. The van der Waals surface area contributed by atoms with E-state index in [2.05, 4.69) is 17.3 Å². The van der Waals surface area contributed by atoms with E-state index in [0.29, 0.717) is 0 Å². The first kappa shape index (κ1) is 11.2. The Kier molecular flexibility index (Phi) is 3.66. The Morgan fingerprint density at radius 1 is 1.57 bits per heavy atom. The van der Waals surface area contributed by atoms with E-state index in [-0.39, 0.29) is 18.7 Å². The van der Waals surface area contributed by atoms with Crippen LogP contribution in [0.3, 0.4) is 0 Å². The van der Waals surface area contributed by atoms with Gasteiger partial charge in [-0.05, 0) is 20.8 Å².